The first kappa shape index (κ1) is 25.4. The zero-order valence-electron chi connectivity index (χ0n) is 21.4. The lowest BCUT2D eigenvalue weighted by atomic mass is 10.1. The average molecular weight is 513 g/mol. The van der Waals surface area contributed by atoms with Crippen LogP contribution in [0.3, 0.4) is 0 Å². The molecular weight excluding hydrogens is 480 g/mol. The Labute approximate surface area is 221 Å². The summed E-state index contributed by atoms with van der Waals surface area (Å²) in [6.07, 6.45) is 9.54. The minimum absolute atomic E-state index is 0.604. The summed E-state index contributed by atoms with van der Waals surface area (Å²) in [6, 6.07) is 13.9. The molecule has 10 nitrogen and oxygen atoms in total. The largest absolute Gasteiger partial charge is 0.492 e. The molecule has 0 amide bonds. The van der Waals surface area contributed by atoms with Gasteiger partial charge in [0.25, 0.3) is 0 Å². The van der Waals surface area contributed by atoms with Crippen LogP contribution in [0.2, 0.25) is 0 Å². The minimum Gasteiger partial charge on any atom is -0.492 e. The van der Waals surface area contributed by atoms with Gasteiger partial charge in [0.1, 0.15) is 30.1 Å². The number of allylic oxidation sites excluding steroid dienone is 1. The molecule has 0 bridgehead atoms. The molecule has 1 saturated heterocycles. The Morgan fingerprint density at radius 3 is 2.84 bits per heavy atom. The molecule has 1 aromatic carbocycles. The standard InChI is InChI=1S/C28H32N8O2/c1-30-17-23(15-29)22-5-3-21(4-6-22)16-31-27-14-25(33-19-34-27)26-18-32-28-13-24(7-9-36(26)28)38-12-10-35-8-2-11-37-20-35/h3-7,9,13-15,17-19,29-30H,2,8,10-12,16,20H2,1H3,(H,31,33,34)/b23-17+,29-15?. The number of imidazole rings is 1. The number of nitrogens with zero attached hydrogens (tertiary/aromatic N) is 5. The van der Waals surface area contributed by atoms with Gasteiger partial charge in [-0.25, -0.2) is 15.0 Å². The molecule has 5 rings (SSSR count). The van der Waals surface area contributed by atoms with Crippen molar-refractivity contribution in [3.63, 3.8) is 0 Å². The maximum absolute atomic E-state index is 7.57. The third-order valence-electron chi connectivity index (χ3n) is 6.34. The third kappa shape index (κ3) is 6.16. The molecule has 10 heteroatoms. The molecule has 0 unspecified atom stereocenters. The predicted molar refractivity (Wildman–Crippen MR) is 148 cm³/mol. The second-order valence-corrected chi connectivity index (χ2v) is 8.96. The third-order valence-corrected chi connectivity index (χ3v) is 6.34. The number of fused-ring (bicyclic) bond motifs is 1. The zero-order chi connectivity index (χ0) is 26.2. The fourth-order valence-corrected chi connectivity index (χ4v) is 4.32. The first-order valence-corrected chi connectivity index (χ1v) is 12.7. The van der Waals surface area contributed by atoms with Crippen LogP contribution in [0.1, 0.15) is 17.5 Å². The molecule has 1 fully saturated rings. The Balaban J connectivity index is 1.22. The van der Waals surface area contributed by atoms with Crippen LogP contribution in [-0.4, -0.2) is 70.5 Å². The highest BCUT2D eigenvalue weighted by atomic mass is 16.5. The Bertz CT molecular complexity index is 1390. The van der Waals surface area contributed by atoms with E-state index >= 15 is 0 Å². The van der Waals surface area contributed by atoms with Gasteiger partial charge in [-0.1, -0.05) is 24.3 Å². The van der Waals surface area contributed by atoms with Gasteiger partial charge in [0.05, 0.1) is 24.3 Å². The van der Waals surface area contributed by atoms with Crippen LogP contribution < -0.4 is 15.4 Å². The van der Waals surface area contributed by atoms with Crippen molar-refractivity contribution in [1.82, 2.24) is 29.6 Å². The van der Waals surface area contributed by atoms with Gasteiger partial charge in [-0.15, -0.1) is 0 Å². The van der Waals surface area contributed by atoms with E-state index in [2.05, 4.69) is 30.5 Å². The van der Waals surface area contributed by atoms with Crippen molar-refractivity contribution in [3.8, 4) is 17.1 Å². The van der Waals surface area contributed by atoms with Gasteiger partial charge < -0.3 is 25.5 Å². The van der Waals surface area contributed by atoms with E-state index in [0.717, 1.165) is 71.4 Å². The summed E-state index contributed by atoms with van der Waals surface area (Å²) in [5.41, 5.74) is 5.37. The molecule has 0 aliphatic carbocycles. The number of hydrogen-bond donors (Lipinski definition) is 3. The lowest BCUT2D eigenvalue weighted by Crippen LogP contribution is -2.36. The van der Waals surface area contributed by atoms with Crippen molar-refractivity contribution in [3.05, 3.63) is 78.5 Å². The molecule has 1 aliphatic heterocycles. The van der Waals surface area contributed by atoms with Gasteiger partial charge >= 0.3 is 0 Å². The van der Waals surface area contributed by atoms with E-state index < -0.39 is 0 Å². The molecule has 38 heavy (non-hydrogen) atoms. The zero-order valence-corrected chi connectivity index (χ0v) is 21.4. The van der Waals surface area contributed by atoms with Crippen molar-refractivity contribution in [2.45, 2.75) is 13.0 Å². The van der Waals surface area contributed by atoms with Crippen LogP contribution in [-0.2, 0) is 11.3 Å². The smallest absolute Gasteiger partial charge is 0.140 e. The Kier molecular flexibility index (Phi) is 8.22. The van der Waals surface area contributed by atoms with Crippen LogP contribution >= 0.6 is 0 Å². The van der Waals surface area contributed by atoms with Crippen molar-refractivity contribution >= 4 is 23.3 Å². The number of aromatic nitrogens is 4. The highest BCUT2D eigenvalue weighted by Gasteiger charge is 2.12. The van der Waals surface area contributed by atoms with Gasteiger partial charge in [0, 0.05) is 69.6 Å². The number of rotatable bonds is 11. The molecule has 1 aliphatic rings. The Morgan fingerprint density at radius 2 is 2.05 bits per heavy atom. The minimum atomic E-state index is 0.604. The number of hydrogen-bond acceptors (Lipinski definition) is 9. The Morgan fingerprint density at radius 1 is 1.16 bits per heavy atom. The summed E-state index contributed by atoms with van der Waals surface area (Å²) >= 11 is 0. The van der Waals surface area contributed by atoms with E-state index in [-0.39, 0.29) is 0 Å². The van der Waals surface area contributed by atoms with Gasteiger partial charge in [0.15, 0.2) is 0 Å². The topological polar surface area (TPSA) is 113 Å². The molecule has 0 atom stereocenters. The van der Waals surface area contributed by atoms with E-state index in [1.165, 1.54) is 6.21 Å². The maximum Gasteiger partial charge on any atom is 0.140 e. The first-order chi connectivity index (χ1) is 18.7. The SMILES string of the molecule is CN/C=C(\C=N)c1ccc(CNc2cc(-c3cnc4cc(OCCN5CCCOC5)ccn34)ncn2)cc1. The van der Waals surface area contributed by atoms with Crippen molar-refractivity contribution in [2.75, 3.05) is 45.4 Å². The molecule has 0 radical (unpaired) electrons. The molecule has 4 aromatic rings. The highest BCUT2D eigenvalue weighted by molar-refractivity contribution is 6.08. The summed E-state index contributed by atoms with van der Waals surface area (Å²) in [5.74, 6) is 1.52. The number of benzene rings is 1. The normalized spacial score (nSPS) is 14.4. The molecule has 196 valence electrons. The fraction of sp³-hybridized carbons (Fsp3) is 0.286. The summed E-state index contributed by atoms with van der Waals surface area (Å²) in [4.78, 5) is 15.7. The first-order valence-electron chi connectivity index (χ1n) is 12.7. The van der Waals surface area contributed by atoms with Gasteiger partial charge in [-0.2, -0.15) is 0 Å². The van der Waals surface area contributed by atoms with Crippen molar-refractivity contribution in [1.29, 1.82) is 5.41 Å². The summed E-state index contributed by atoms with van der Waals surface area (Å²) in [7, 11) is 1.82. The van der Waals surface area contributed by atoms with E-state index in [9.17, 15) is 0 Å². The van der Waals surface area contributed by atoms with Crippen LogP contribution in [0.25, 0.3) is 22.6 Å². The number of nitrogens with one attached hydrogen (secondary N) is 3. The van der Waals surface area contributed by atoms with E-state index in [1.54, 1.807) is 6.33 Å². The van der Waals surface area contributed by atoms with Crippen LogP contribution in [0, 0.1) is 5.41 Å². The molecule has 0 spiro atoms. The fourth-order valence-electron chi connectivity index (χ4n) is 4.32. The maximum atomic E-state index is 7.57. The van der Waals surface area contributed by atoms with Gasteiger partial charge in [0.2, 0.25) is 0 Å². The molecule has 4 heterocycles. The Hall–Kier alpha value is -4.28. The number of pyridine rings is 1. The summed E-state index contributed by atoms with van der Waals surface area (Å²) in [6.45, 7) is 4.63. The number of ether oxygens (including phenoxy) is 2. The van der Waals surface area contributed by atoms with Crippen LogP contribution in [0.5, 0.6) is 5.75 Å². The second-order valence-electron chi connectivity index (χ2n) is 8.96. The molecule has 0 saturated carbocycles. The lowest BCUT2D eigenvalue weighted by molar-refractivity contribution is -0.0181. The monoisotopic (exact) mass is 512 g/mol. The van der Waals surface area contributed by atoms with Crippen molar-refractivity contribution in [2.24, 2.45) is 0 Å². The van der Waals surface area contributed by atoms with E-state index in [0.29, 0.717) is 19.9 Å². The van der Waals surface area contributed by atoms with Crippen LogP contribution in [0.4, 0.5) is 5.82 Å². The quantitative estimate of drug-likeness (QED) is 0.261. The number of anilines is 1. The van der Waals surface area contributed by atoms with Gasteiger partial charge in [-0.05, 0) is 23.6 Å². The van der Waals surface area contributed by atoms with Crippen molar-refractivity contribution < 1.29 is 9.47 Å². The molecular formula is C28H32N8O2. The second kappa shape index (κ2) is 12.3. The molecule has 3 aromatic heterocycles. The molecule has 3 N–H and O–H groups in total. The highest BCUT2D eigenvalue weighted by Crippen LogP contribution is 2.23. The van der Waals surface area contributed by atoms with Gasteiger partial charge in [-0.3, -0.25) is 9.30 Å². The van der Waals surface area contributed by atoms with E-state index in [1.807, 2.05) is 72.5 Å². The van der Waals surface area contributed by atoms with E-state index in [4.69, 9.17) is 14.9 Å². The lowest BCUT2D eigenvalue weighted by Gasteiger charge is -2.26. The van der Waals surface area contributed by atoms with Crippen LogP contribution in [0.15, 0.2) is 67.4 Å². The predicted octanol–water partition coefficient (Wildman–Crippen LogP) is 3.67. The summed E-state index contributed by atoms with van der Waals surface area (Å²) in [5, 5.41) is 13.9. The average Bonchev–Trinajstić information content (AvgIpc) is 3.39. The summed E-state index contributed by atoms with van der Waals surface area (Å²) < 4.78 is 13.4.